The number of rotatable bonds is 4. The van der Waals surface area contributed by atoms with Gasteiger partial charge in [-0.1, -0.05) is 30.6 Å². The number of hydrogen-bond donors (Lipinski definition) is 0. The molecule has 0 radical (unpaired) electrons. The third-order valence-electron chi connectivity index (χ3n) is 5.72. The lowest BCUT2D eigenvalue weighted by Gasteiger charge is -2.25. The van der Waals surface area contributed by atoms with Crippen LogP contribution < -0.4 is 4.74 Å². The molecule has 150 valence electrons. The van der Waals surface area contributed by atoms with Gasteiger partial charge >= 0.3 is 6.36 Å². The second-order valence-corrected chi connectivity index (χ2v) is 7.34. The molecular weight excluding hydrogens is 375 g/mol. The Morgan fingerprint density at radius 2 is 2.18 bits per heavy atom. The van der Waals surface area contributed by atoms with Gasteiger partial charge in [-0.05, 0) is 30.9 Å². The average molecular weight is 395 g/mol. The quantitative estimate of drug-likeness (QED) is 0.789. The van der Waals surface area contributed by atoms with Crippen LogP contribution >= 0.6 is 0 Å². The summed E-state index contributed by atoms with van der Waals surface area (Å²) in [6, 6.07) is 5.44. The van der Waals surface area contributed by atoms with Gasteiger partial charge in [-0.2, -0.15) is 4.98 Å². The van der Waals surface area contributed by atoms with Crippen LogP contribution in [-0.4, -0.2) is 40.4 Å². The van der Waals surface area contributed by atoms with Crippen molar-refractivity contribution < 1.29 is 27.2 Å². The largest absolute Gasteiger partial charge is 0.573 e. The molecule has 2 fully saturated rings. The van der Waals surface area contributed by atoms with Gasteiger partial charge in [-0.15, -0.1) is 13.2 Å². The first kappa shape index (κ1) is 18.8. The molecule has 1 aliphatic heterocycles. The van der Waals surface area contributed by atoms with E-state index in [0.717, 1.165) is 25.3 Å². The number of amides is 1. The van der Waals surface area contributed by atoms with Gasteiger partial charge in [0.05, 0.1) is 11.0 Å². The molecule has 9 heteroatoms. The van der Waals surface area contributed by atoms with Gasteiger partial charge in [0, 0.05) is 19.5 Å². The molecule has 2 heterocycles. The normalized spacial score (nSPS) is 24.4. The first-order valence-electron chi connectivity index (χ1n) is 9.29. The molecule has 2 aromatic rings. The maximum Gasteiger partial charge on any atom is 0.573 e. The number of nitrogens with zero attached hydrogens (tertiary/aromatic N) is 3. The lowest BCUT2D eigenvalue weighted by molar-refractivity contribution is -0.274. The minimum Gasteiger partial charge on any atom is -0.405 e. The van der Waals surface area contributed by atoms with E-state index in [0.29, 0.717) is 31.2 Å². The van der Waals surface area contributed by atoms with Crippen molar-refractivity contribution in [2.45, 2.75) is 44.4 Å². The molecule has 1 saturated carbocycles. The number of ether oxygens (including phenoxy) is 1. The molecule has 1 aliphatic carbocycles. The number of halogens is 3. The van der Waals surface area contributed by atoms with E-state index in [4.69, 9.17) is 4.52 Å². The number of para-hydroxylation sites is 1. The molecule has 2 atom stereocenters. The lowest BCUT2D eigenvalue weighted by atomic mass is 9.80. The summed E-state index contributed by atoms with van der Waals surface area (Å²) in [5, 5.41) is 4.14. The maximum absolute atomic E-state index is 13.0. The summed E-state index contributed by atoms with van der Waals surface area (Å²) < 4.78 is 47.4. The highest BCUT2D eigenvalue weighted by molar-refractivity contribution is 5.97. The zero-order chi connectivity index (χ0) is 19.9. The van der Waals surface area contributed by atoms with Crippen LogP contribution in [0.25, 0.3) is 0 Å². The van der Waals surface area contributed by atoms with E-state index in [1.165, 1.54) is 18.2 Å². The first-order chi connectivity index (χ1) is 13.3. The second kappa shape index (κ2) is 6.79. The molecule has 1 aromatic heterocycles. The van der Waals surface area contributed by atoms with Gasteiger partial charge in [0.2, 0.25) is 5.89 Å². The van der Waals surface area contributed by atoms with Crippen LogP contribution in [-0.2, 0) is 11.8 Å². The standard InChI is InChI=1S/C19H20F3N3O3/c1-2-15-23-17(24-28-15)18-9-5-6-12(18)10-25(11-18)16(26)13-7-3-4-8-14(13)27-19(20,21)22/h3-4,7-8,12H,2,5-6,9-11H2,1H3/t12-,18-/m1/s1. The Hall–Kier alpha value is -2.58. The molecule has 0 bridgehead atoms. The van der Waals surface area contributed by atoms with Gasteiger partial charge in [-0.3, -0.25) is 4.79 Å². The predicted molar refractivity (Wildman–Crippen MR) is 91.7 cm³/mol. The van der Waals surface area contributed by atoms with E-state index in [9.17, 15) is 18.0 Å². The molecule has 1 saturated heterocycles. The maximum atomic E-state index is 13.0. The molecule has 0 spiro atoms. The van der Waals surface area contributed by atoms with Crippen molar-refractivity contribution in [3.05, 3.63) is 41.5 Å². The van der Waals surface area contributed by atoms with Crippen LogP contribution in [0.15, 0.2) is 28.8 Å². The fraction of sp³-hybridized carbons (Fsp3) is 0.526. The molecule has 1 aromatic carbocycles. The van der Waals surface area contributed by atoms with Crippen molar-refractivity contribution in [3.8, 4) is 5.75 Å². The Morgan fingerprint density at radius 3 is 2.89 bits per heavy atom. The highest BCUT2D eigenvalue weighted by atomic mass is 19.4. The summed E-state index contributed by atoms with van der Waals surface area (Å²) in [6.07, 6.45) is -1.50. The van der Waals surface area contributed by atoms with Crippen molar-refractivity contribution in [2.24, 2.45) is 5.92 Å². The van der Waals surface area contributed by atoms with Crippen molar-refractivity contribution in [1.82, 2.24) is 15.0 Å². The number of aromatic nitrogens is 2. The zero-order valence-electron chi connectivity index (χ0n) is 15.3. The number of hydrogen-bond acceptors (Lipinski definition) is 5. The van der Waals surface area contributed by atoms with Crippen molar-refractivity contribution in [3.63, 3.8) is 0 Å². The van der Waals surface area contributed by atoms with Gasteiger partial charge in [0.15, 0.2) is 5.82 Å². The fourth-order valence-electron chi connectivity index (χ4n) is 4.44. The third-order valence-corrected chi connectivity index (χ3v) is 5.72. The number of benzene rings is 1. The topological polar surface area (TPSA) is 68.5 Å². The van der Waals surface area contributed by atoms with E-state index in [-0.39, 0.29) is 11.5 Å². The van der Waals surface area contributed by atoms with Crippen LogP contribution in [0.3, 0.4) is 0 Å². The van der Waals surface area contributed by atoms with Crippen LogP contribution in [0, 0.1) is 5.92 Å². The van der Waals surface area contributed by atoms with E-state index in [1.54, 1.807) is 4.90 Å². The van der Waals surface area contributed by atoms with E-state index >= 15 is 0 Å². The zero-order valence-corrected chi connectivity index (χ0v) is 15.3. The van der Waals surface area contributed by atoms with Crippen LogP contribution in [0.4, 0.5) is 13.2 Å². The number of carbonyl (C=O) groups excluding carboxylic acids is 1. The van der Waals surface area contributed by atoms with Crippen LogP contribution in [0.5, 0.6) is 5.75 Å². The number of fused-ring (bicyclic) bond motifs is 1. The van der Waals surface area contributed by atoms with E-state index in [1.807, 2.05) is 6.92 Å². The number of alkyl halides is 3. The molecule has 28 heavy (non-hydrogen) atoms. The third kappa shape index (κ3) is 3.22. The van der Waals surface area contributed by atoms with Gasteiger partial charge in [0.25, 0.3) is 5.91 Å². The highest BCUT2D eigenvalue weighted by Gasteiger charge is 2.54. The SMILES string of the molecule is CCc1nc([C@@]23CCC[C@@H]2CN(C(=O)c2ccccc2OC(F)(F)F)C3)no1. The smallest absolute Gasteiger partial charge is 0.405 e. The van der Waals surface area contributed by atoms with Gasteiger partial charge in [-0.25, -0.2) is 0 Å². The highest BCUT2D eigenvalue weighted by Crippen LogP contribution is 2.50. The Balaban J connectivity index is 1.61. The van der Waals surface area contributed by atoms with Crippen molar-refractivity contribution in [2.75, 3.05) is 13.1 Å². The summed E-state index contributed by atoms with van der Waals surface area (Å²) in [5.74, 6) is 0.340. The summed E-state index contributed by atoms with van der Waals surface area (Å²) in [6.45, 7) is 2.73. The Labute approximate surface area is 159 Å². The number of aryl methyl sites for hydroxylation is 1. The predicted octanol–water partition coefficient (Wildman–Crippen LogP) is 3.72. The fourth-order valence-corrected chi connectivity index (χ4v) is 4.44. The second-order valence-electron chi connectivity index (χ2n) is 7.34. The molecule has 0 unspecified atom stereocenters. The van der Waals surface area contributed by atoms with Crippen molar-refractivity contribution in [1.29, 1.82) is 0 Å². The first-order valence-corrected chi connectivity index (χ1v) is 9.29. The van der Waals surface area contributed by atoms with Crippen LogP contribution in [0.1, 0.15) is 48.3 Å². The van der Waals surface area contributed by atoms with Gasteiger partial charge < -0.3 is 14.2 Å². The van der Waals surface area contributed by atoms with Crippen molar-refractivity contribution >= 4 is 5.91 Å². The summed E-state index contributed by atoms with van der Waals surface area (Å²) in [4.78, 5) is 19.1. The monoisotopic (exact) mass is 395 g/mol. The van der Waals surface area contributed by atoms with Crippen LogP contribution in [0.2, 0.25) is 0 Å². The number of carbonyl (C=O) groups is 1. The lowest BCUT2D eigenvalue weighted by Crippen LogP contribution is -2.35. The average Bonchev–Trinajstić information content (AvgIpc) is 3.33. The Morgan fingerprint density at radius 1 is 1.39 bits per heavy atom. The Kier molecular flexibility index (Phi) is 4.55. The molecular formula is C19H20F3N3O3. The summed E-state index contributed by atoms with van der Waals surface area (Å²) in [5.41, 5.74) is -0.496. The minimum absolute atomic E-state index is 0.0997. The Bertz CT molecular complexity index is 883. The van der Waals surface area contributed by atoms with Gasteiger partial charge in [0.1, 0.15) is 5.75 Å². The molecule has 0 N–H and O–H groups in total. The summed E-state index contributed by atoms with van der Waals surface area (Å²) >= 11 is 0. The molecule has 6 nitrogen and oxygen atoms in total. The van der Waals surface area contributed by atoms with E-state index < -0.39 is 23.4 Å². The minimum atomic E-state index is -4.86. The molecule has 4 rings (SSSR count). The molecule has 2 aliphatic rings. The van der Waals surface area contributed by atoms with E-state index in [2.05, 4.69) is 14.9 Å². The molecule has 1 amide bonds. The summed E-state index contributed by atoms with van der Waals surface area (Å²) in [7, 11) is 0. The number of likely N-dealkylation sites (tertiary alicyclic amines) is 1.